The summed E-state index contributed by atoms with van der Waals surface area (Å²) in [6.45, 7) is 0.534. The van der Waals surface area contributed by atoms with E-state index < -0.39 is 0 Å². The van der Waals surface area contributed by atoms with Gasteiger partial charge in [0.1, 0.15) is 11.6 Å². The number of imidazole rings is 2. The van der Waals surface area contributed by atoms with Crippen molar-refractivity contribution >= 4 is 39.6 Å². The predicted octanol–water partition coefficient (Wildman–Crippen LogP) is 3.38. The van der Waals surface area contributed by atoms with E-state index in [-0.39, 0.29) is 5.91 Å². The number of amides is 1. The van der Waals surface area contributed by atoms with E-state index in [0.29, 0.717) is 30.8 Å². The molecule has 0 fully saturated rings. The maximum absolute atomic E-state index is 12.0. The first-order valence-electron chi connectivity index (χ1n) is 8.52. The van der Waals surface area contributed by atoms with Gasteiger partial charge in [-0.2, -0.15) is 0 Å². The maximum Gasteiger partial charge on any atom is 0.220 e. The fourth-order valence-electron chi connectivity index (χ4n) is 2.92. The highest BCUT2D eigenvalue weighted by Gasteiger charge is 2.07. The van der Waals surface area contributed by atoms with Crippen molar-refractivity contribution in [2.45, 2.75) is 19.3 Å². The second kappa shape index (κ2) is 7.17. The van der Waals surface area contributed by atoms with Gasteiger partial charge < -0.3 is 15.3 Å². The number of aromatic nitrogens is 4. The summed E-state index contributed by atoms with van der Waals surface area (Å²) < 4.78 is 0. The van der Waals surface area contributed by atoms with Crippen LogP contribution in [0.5, 0.6) is 0 Å². The summed E-state index contributed by atoms with van der Waals surface area (Å²) in [5, 5.41) is 3.60. The lowest BCUT2D eigenvalue weighted by Crippen LogP contribution is -2.26. The molecule has 0 atom stereocenters. The van der Waals surface area contributed by atoms with E-state index in [4.69, 9.17) is 11.6 Å². The molecule has 4 aromatic rings. The van der Waals surface area contributed by atoms with E-state index in [1.54, 1.807) is 0 Å². The van der Waals surface area contributed by atoms with Crippen LogP contribution in [0.4, 0.5) is 0 Å². The fraction of sp³-hybridized carbons (Fsp3) is 0.211. The highest BCUT2D eigenvalue weighted by atomic mass is 35.5. The third kappa shape index (κ3) is 3.70. The molecular weight excluding hydrogens is 350 g/mol. The number of aromatic amines is 2. The van der Waals surface area contributed by atoms with Crippen LogP contribution in [0.25, 0.3) is 22.1 Å². The molecule has 2 aromatic carbocycles. The van der Waals surface area contributed by atoms with Gasteiger partial charge in [-0.25, -0.2) is 9.97 Å². The smallest absolute Gasteiger partial charge is 0.220 e. The third-order valence-electron chi connectivity index (χ3n) is 4.20. The van der Waals surface area contributed by atoms with Gasteiger partial charge in [0.05, 0.1) is 22.1 Å². The van der Waals surface area contributed by atoms with Crippen molar-refractivity contribution in [1.29, 1.82) is 0 Å². The number of nitrogens with zero attached hydrogens (tertiary/aromatic N) is 2. The van der Waals surface area contributed by atoms with Crippen molar-refractivity contribution in [2.24, 2.45) is 0 Å². The number of hydrogen-bond acceptors (Lipinski definition) is 3. The molecule has 2 aromatic heterocycles. The normalized spacial score (nSPS) is 11.3. The Balaban J connectivity index is 1.26. The summed E-state index contributed by atoms with van der Waals surface area (Å²) >= 11 is 5.97. The van der Waals surface area contributed by atoms with Crippen molar-refractivity contribution in [3.63, 3.8) is 0 Å². The number of hydrogen-bond donors (Lipinski definition) is 3. The minimum atomic E-state index is 0.00427. The molecule has 0 saturated heterocycles. The molecule has 132 valence electrons. The number of para-hydroxylation sites is 2. The zero-order chi connectivity index (χ0) is 17.9. The summed E-state index contributed by atoms with van der Waals surface area (Å²) in [5.74, 6) is 1.67. The van der Waals surface area contributed by atoms with E-state index >= 15 is 0 Å². The van der Waals surface area contributed by atoms with E-state index in [1.165, 1.54) is 0 Å². The van der Waals surface area contributed by atoms with Gasteiger partial charge in [-0.3, -0.25) is 4.79 Å². The largest absolute Gasteiger partial charge is 0.356 e. The highest BCUT2D eigenvalue weighted by Crippen LogP contribution is 2.17. The number of halogens is 1. The van der Waals surface area contributed by atoms with Crippen LogP contribution in [0.2, 0.25) is 5.02 Å². The molecule has 26 heavy (non-hydrogen) atoms. The minimum absolute atomic E-state index is 0.00427. The van der Waals surface area contributed by atoms with Crippen LogP contribution in [0.1, 0.15) is 18.1 Å². The van der Waals surface area contributed by atoms with Gasteiger partial charge in [0.25, 0.3) is 0 Å². The molecule has 7 heteroatoms. The molecule has 4 rings (SSSR count). The van der Waals surface area contributed by atoms with Gasteiger partial charge in [0.15, 0.2) is 0 Å². The summed E-state index contributed by atoms with van der Waals surface area (Å²) in [5.41, 5.74) is 3.70. The average molecular weight is 368 g/mol. The number of fused-ring (bicyclic) bond motifs is 2. The first kappa shape index (κ1) is 16.6. The quantitative estimate of drug-likeness (QED) is 0.488. The van der Waals surface area contributed by atoms with Crippen LogP contribution in [-0.2, 0) is 17.6 Å². The molecule has 0 aliphatic rings. The van der Waals surface area contributed by atoms with Crippen molar-refractivity contribution in [3.8, 4) is 0 Å². The number of carbonyl (C=O) groups is 1. The van der Waals surface area contributed by atoms with Gasteiger partial charge in [-0.15, -0.1) is 0 Å². The molecule has 6 nitrogen and oxygen atoms in total. The van der Waals surface area contributed by atoms with Crippen LogP contribution >= 0.6 is 11.6 Å². The number of aryl methyl sites for hydroxylation is 1. The Morgan fingerprint density at radius 3 is 2.54 bits per heavy atom. The van der Waals surface area contributed by atoms with E-state index in [1.807, 2.05) is 42.5 Å². The number of benzene rings is 2. The standard InChI is InChI=1S/C19H18ClN5O/c20-12-5-6-15-16(11-12)25-18(24-15)9-10-21-19(26)8-7-17-22-13-3-1-2-4-14(13)23-17/h1-6,11H,7-10H2,(H,21,26)(H,22,23)(H,24,25). The van der Waals surface area contributed by atoms with Gasteiger partial charge >= 0.3 is 0 Å². The van der Waals surface area contributed by atoms with E-state index in [9.17, 15) is 4.79 Å². The Labute approximate surface area is 155 Å². The Bertz CT molecular complexity index is 1040. The summed E-state index contributed by atoms with van der Waals surface area (Å²) in [6.07, 6.45) is 1.63. The van der Waals surface area contributed by atoms with Gasteiger partial charge in [0, 0.05) is 30.8 Å². The summed E-state index contributed by atoms with van der Waals surface area (Å²) in [7, 11) is 0. The predicted molar refractivity (Wildman–Crippen MR) is 102 cm³/mol. The second-order valence-corrected chi connectivity index (χ2v) is 6.58. The number of nitrogens with one attached hydrogen (secondary N) is 3. The summed E-state index contributed by atoms with van der Waals surface area (Å²) in [6, 6.07) is 13.4. The molecule has 0 bridgehead atoms. The zero-order valence-electron chi connectivity index (χ0n) is 14.1. The highest BCUT2D eigenvalue weighted by molar-refractivity contribution is 6.31. The molecule has 0 spiro atoms. The Morgan fingerprint density at radius 2 is 1.69 bits per heavy atom. The molecule has 0 aliphatic heterocycles. The Hall–Kier alpha value is -2.86. The molecule has 0 saturated carbocycles. The van der Waals surface area contributed by atoms with Crippen LogP contribution in [0, 0.1) is 0 Å². The number of carbonyl (C=O) groups excluding carboxylic acids is 1. The average Bonchev–Trinajstić information content (AvgIpc) is 3.22. The van der Waals surface area contributed by atoms with E-state index in [0.717, 1.165) is 33.7 Å². The van der Waals surface area contributed by atoms with E-state index in [2.05, 4.69) is 25.3 Å². The first-order chi connectivity index (χ1) is 12.7. The molecular formula is C19H18ClN5O. The van der Waals surface area contributed by atoms with Crippen LogP contribution in [0.15, 0.2) is 42.5 Å². The lowest BCUT2D eigenvalue weighted by atomic mass is 10.3. The molecule has 1 amide bonds. The van der Waals surface area contributed by atoms with Gasteiger partial charge in [-0.05, 0) is 30.3 Å². The first-order valence-corrected chi connectivity index (χ1v) is 8.90. The second-order valence-electron chi connectivity index (χ2n) is 6.15. The minimum Gasteiger partial charge on any atom is -0.356 e. The van der Waals surface area contributed by atoms with Crippen LogP contribution in [0.3, 0.4) is 0 Å². The molecule has 0 radical (unpaired) electrons. The molecule has 0 unspecified atom stereocenters. The number of rotatable bonds is 6. The Kier molecular flexibility index (Phi) is 4.58. The van der Waals surface area contributed by atoms with Crippen LogP contribution < -0.4 is 5.32 Å². The topological polar surface area (TPSA) is 86.5 Å². The summed E-state index contributed by atoms with van der Waals surface area (Å²) in [4.78, 5) is 27.5. The van der Waals surface area contributed by atoms with Crippen molar-refractivity contribution in [3.05, 3.63) is 59.1 Å². The fourth-order valence-corrected chi connectivity index (χ4v) is 3.09. The SMILES string of the molecule is O=C(CCc1nc2ccccc2[nH]1)NCCc1nc2ccc(Cl)cc2[nH]1. The van der Waals surface area contributed by atoms with Gasteiger partial charge in [-0.1, -0.05) is 23.7 Å². The van der Waals surface area contributed by atoms with Crippen LogP contribution in [-0.4, -0.2) is 32.4 Å². The monoisotopic (exact) mass is 367 g/mol. The maximum atomic E-state index is 12.0. The lowest BCUT2D eigenvalue weighted by Gasteiger charge is -2.03. The van der Waals surface area contributed by atoms with Crippen molar-refractivity contribution < 1.29 is 4.79 Å². The molecule has 0 aliphatic carbocycles. The molecule has 3 N–H and O–H groups in total. The Morgan fingerprint density at radius 1 is 0.962 bits per heavy atom. The van der Waals surface area contributed by atoms with Gasteiger partial charge in [0.2, 0.25) is 5.91 Å². The zero-order valence-corrected chi connectivity index (χ0v) is 14.8. The third-order valence-corrected chi connectivity index (χ3v) is 4.44. The van der Waals surface area contributed by atoms with Crippen molar-refractivity contribution in [2.75, 3.05) is 6.54 Å². The number of H-pyrrole nitrogens is 2. The van der Waals surface area contributed by atoms with Crippen molar-refractivity contribution in [1.82, 2.24) is 25.3 Å². The lowest BCUT2D eigenvalue weighted by molar-refractivity contribution is -0.121. The molecule has 2 heterocycles.